The predicted octanol–water partition coefficient (Wildman–Crippen LogP) is 6.80. The molecule has 0 saturated carbocycles. The van der Waals surface area contributed by atoms with E-state index in [-0.39, 0.29) is 19.1 Å². The average molecular weight is 548 g/mol. The third-order valence-electron chi connectivity index (χ3n) is 6.11. The first-order valence-corrected chi connectivity index (χ1v) is 11.5. The average Bonchev–Trinajstić information content (AvgIpc) is 2.84. The Morgan fingerprint density at radius 1 is 1.00 bits per heavy atom. The number of ether oxygens (including phenoxy) is 3. The molecule has 3 rings (SSSR count). The molecule has 1 heterocycles. The molecule has 0 fully saturated rings. The molecular formula is C25H26F6N2O5. The van der Waals surface area contributed by atoms with E-state index in [1.807, 2.05) is 0 Å². The van der Waals surface area contributed by atoms with Gasteiger partial charge in [-0.2, -0.15) is 26.3 Å². The van der Waals surface area contributed by atoms with Gasteiger partial charge in [-0.3, -0.25) is 9.80 Å². The second-order valence-electron chi connectivity index (χ2n) is 8.61. The van der Waals surface area contributed by atoms with E-state index in [0.29, 0.717) is 29.1 Å². The predicted molar refractivity (Wildman–Crippen MR) is 124 cm³/mol. The topological polar surface area (TPSA) is 68.3 Å². The molecule has 208 valence electrons. The number of halogens is 6. The molecule has 13 heteroatoms. The molecule has 0 aliphatic carbocycles. The van der Waals surface area contributed by atoms with Crippen molar-refractivity contribution >= 4 is 17.9 Å². The normalized spacial score (nSPS) is 17.5. The molecule has 7 nitrogen and oxygen atoms in total. The maximum absolute atomic E-state index is 13.4. The molecule has 2 atom stereocenters. The minimum atomic E-state index is -5.05. The van der Waals surface area contributed by atoms with Crippen LogP contribution in [0.3, 0.4) is 0 Å². The molecule has 1 aliphatic rings. The van der Waals surface area contributed by atoms with Crippen LogP contribution in [0.25, 0.3) is 0 Å². The summed E-state index contributed by atoms with van der Waals surface area (Å²) >= 11 is 0. The van der Waals surface area contributed by atoms with Crippen LogP contribution in [0.5, 0.6) is 5.75 Å². The Morgan fingerprint density at radius 2 is 1.61 bits per heavy atom. The lowest BCUT2D eigenvalue weighted by Gasteiger charge is -2.42. The van der Waals surface area contributed by atoms with Crippen molar-refractivity contribution in [1.29, 1.82) is 0 Å². The van der Waals surface area contributed by atoms with Gasteiger partial charge in [0.2, 0.25) is 0 Å². The Labute approximate surface area is 214 Å². The summed E-state index contributed by atoms with van der Waals surface area (Å²) in [6, 6.07) is 4.39. The molecule has 0 aromatic heterocycles. The largest absolute Gasteiger partial charge is 0.497 e. The second kappa shape index (κ2) is 11.0. The minimum Gasteiger partial charge on any atom is -0.497 e. The first kappa shape index (κ1) is 28.9. The summed E-state index contributed by atoms with van der Waals surface area (Å²) in [5.41, 5.74) is -2.66. The summed E-state index contributed by atoms with van der Waals surface area (Å²) in [7, 11) is 2.46. The Hall–Kier alpha value is -3.64. The summed E-state index contributed by atoms with van der Waals surface area (Å²) in [6.45, 7) is 2.77. The molecular weight excluding hydrogens is 522 g/mol. The van der Waals surface area contributed by atoms with Crippen LogP contribution in [-0.4, -0.2) is 44.0 Å². The second-order valence-corrected chi connectivity index (χ2v) is 8.61. The van der Waals surface area contributed by atoms with Crippen LogP contribution in [0.1, 0.15) is 48.6 Å². The maximum atomic E-state index is 13.4. The van der Waals surface area contributed by atoms with E-state index in [9.17, 15) is 35.9 Å². The maximum Gasteiger partial charge on any atom is 0.416 e. The Kier molecular flexibility index (Phi) is 8.37. The lowest BCUT2D eigenvalue weighted by molar-refractivity contribution is -0.143. The van der Waals surface area contributed by atoms with Gasteiger partial charge in [-0.05, 0) is 55.7 Å². The zero-order valence-corrected chi connectivity index (χ0v) is 20.9. The van der Waals surface area contributed by atoms with Gasteiger partial charge >= 0.3 is 24.5 Å². The van der Waals surface area contributed by atoms with Crippen molar-refractivity contribution in [3.63, 3.8) is 0 Å². The fourth-order valence-corrected chi connectivity index (χ4v) is 4.43. The summed E-state index contributed by atoms with van der Waals surface area (Å²) in [5.74, 6) is 0.378. The molecule has 0 bridgehead atoms. The number of amides is 2. The number of carbonyl (C=O) groups excluding carboxylic acids is 2. The van der Waals surface area contributed by atoms with Crippen molar-refractivity contribution in [3.05, 3.63) is 58.7 Å². The first-order valence-electron chi connectivity index (χ1n) is 11.5. The molecule has 0 N–H and O–H groups in total. The van der Waals surface area contributed by atoms with Gasteiger partial charge in [0.15, 0.2) is 0 Å². The third kappa shape index (κ3) is 6.08. The summed E-state index contributed by atoms with van der Waals surface area (Å²) in [6.07, 6.45) is -11.6. The van der Waals surface area contributed by atoms with Gasteiger partial charge < -0.3 is 14.2 Å². The number of hydrogen-bond donors (Lipinski definition) is 0. The van der Waals surface area contributed by atoms with E-state index in [1.54, 1.807) is 26.0 Å². The zero-order chi connectivity index (χ0) is 28.4. The lowest BCUT2D eigenvalue weighted by Crippen LogP contribution is -2.47. The fourth-order valence-electron chi connectivity index (χ4n) is 4.43. The fraction of sp³-hybridized carbons (Fsp3) is 0.440. The van der Waals surface area contributed by atoms with Crippen molar-refractivity contribution in [2.45, 2.75) is 51.2 Å². The third-order valence-corrected chi connectivity index (χ3v) is 6.11. The molecule has 0 saturated heterocycles. The van der Waals surface area contributed by atoms with Crippen LogP contribution in [0.15, 0.2) is 36.4 Å². The van der Waals surface area contributed by atoms with E-state index in [0.717, 1.165) is 12.0 Å². The Bertz CT molecular complexity index is 1150. The zero-order valence-electron chi connectivity index (χ0n) is 20.9. The van der Waals surface area contributed by atoms with Gasteiger partial charge in [0.25, 0.3) is 0 Å². The lowest BCUT2D eigenvalue weighted by atomic mass is 9.90. The smallest absolute Gasteiger partial charge is 0.416 e. The highest BCUT2D eigenvalue weighted by molar-refractivity contribution is 5.91. The van der Waals surface area contributed by atoms with E-state index < -0.39 is 59.9 Å². The standard InChI is InChI=1S/C25H26F6N2O5/c1-5-38-23(35)33-14(2)8-20(19-7-6-18(36-3)12-21(19)33)32(22(34)37-4)13-15-9-16(24(26,27)28)11-17(10-15)25(29,30)31/h6-7,9-12,14,20H,5,8,13H2,1-4H3/t14-,20+/m0/s1. The Balaban J connectivity index is 2.13. The van der Waals surface area contributed by atoms with Crippen LogP contribution in [0, 0.1) is 0 Å². The first-order chi connectivity index (χ1) is 17.7. The van der Waals surface area contributed by atoms with Crippen LogP contribution in [0.2, 0.25) is 0 Å². The molecule has 2 aromatic carbocycles. The van der Waals surface area contributed by atoms with Crippen molar-refractivity contribution < 1.29 is 50.1 Å². The summed E-state index contributed by atoms with van der Waals surface area (Å²) < 4.78 is 95.8. The quantitative estimate of drug-likeness (QED) is 0.385. The highest BCUT2D eigenvalue weighted by atomic mass is 19.4. The van der Waals surface area contributed by atoms with Gasteiger partial charge in [0.05, 0.1) is 43.7 Å². The van der Waals surface area contributed by atoms with Crippen LogP contribution >= 0.6 is 0 Å². The molecule has 0 radical (unpaired) electrons. The number of benzene rings is 2. The monoisotopic (exact) mass is 548 g/mol. The number of anilines is 1. The van der Waals surface area contributed by atoms with Gasteiger partial charge in [-0.1, -0.05) is 6.07 Å². The van der Waals surface area contributed by atoms with Crippen molar-refractivity contribution in [1.82, 2.24) is 4.90 Å². The summed E-state index contributed by atoms with van der Waals surface area (Å²) in [4.78, 5) is 28.0. The number of hydrogen-bond acceptors (Lipinski definition) is 5. The number of rotatable bonds is 5. The number of methoxy groups -OCH3 is 2. The molecule has 2 amide bonds. The highest BCUT2D eigenvalue weighted by Gasteiger charge is 2.41. The van der Waals surface area contributed by atoms with Crippen molar-refractivity contribution in [3.8, 4) is 5.75 Å². The van der Waals surface area contributed by atoms with Crippen molar-refractivity contribution in [2.75, 3.05) is 25.7 Å². The van der Waals surface area contributed by atoms with Crippen molar-refractivity contribution in [2.24, 2.45) is 0 Å². The highest BCUT2D eigenvalue weighted by Crippen LogP contribution is 2.44. The van der Waals surface area contributed by atoms with Gasteiger partial charge in [-0.25, -0.2) is 9.59 Å². The SMILES string of the molecule is CCOC(=O)N1c2cc(OC)ccc2[C@H](N(Cc2cc(C(F)(F)F)cc(C(F)(F)F)c2)C(=O)OC)C[C@@H]1C. The number of nitrogens with zero attached hydrogens (tertiary/aromatic N) is 2. The Morgan fingerprint density at radius 3 is 2.11 bits per heavy atom. The summed E-state index contributed by atoms with van der Waals surface area (Å²) in [5, 5.41) is 0. The van der Waals surface area contributed by atoms with E-state index in [1.165, 1.54) is 18.1 Å². The minimum absolute atomic E-state index is 0.0213. The number of alkyl halides is 6. The van der Waals surface area contributed by atoms with Gasteiger partial charge in [-0.15, -0.1) is 0 Å². The van der Waals surface area contributed by atoms with Gasteiger partial charge in [0, 0.05) is 18.7 Å². The van der Waals surface area contributed by atoms with Crippen LogP contribution in [-0.2, 0) is 28.4 Å². The van der Waals surface area contributed by atoms with Crippen LogP contribution < -0.4 is 9.64 Å². The molecule has 38 heavy (non-hydrogen) atoms. The van der Waals surface area contributed by atoms with Crippen LogP contribution in [0.4, 0.5) is 41.6 Å². The molecule has 1 aliphatic heterocycles. The van der Waals surface area contributed by atoms with E-state index >= 15 is 0 Å². The molecule has 0 spiro atoms. The molecule has 0 unspecified atom stereocenters. The van der Waals surface area contributed by atoms with Gasteiger partial charge in [0.1, 0.15) is 5.75 Å². The number of fused-ring (bicyclic) bond motifs is 1. The number of carbonyl (C=O) groups is 2. The molecule has 2 aromatic rings. The van der Waals surface area contributed by atoms with E-state index in [2.05, 4.69) is 0 Å². The van der Waals surface area contributed by atoms with E-state index in [4.69, 9.17) is 14.2 Å².